The first-order valence-electron chi connectivity index (χ1n) is 4.22. The van der Waals surface area contributed by atoms with E-state index in [-0.39, 0.29) is 0 Å². The smallest absolute Gasteiger partial charge is 0.134 e. The minimum Gasteiger partial charge on any atom is -0.365 e. The van der Waals surface area contributed by atoms with Crippen molar-refractivity contribution in [3.63, 3.8) is 0 Å². The highest BCUT2D eigenvalue weighted by molar-refractivity contribution is 9.11. The lowest BCUT2D eigenvalue weighted by Crippen LogP contribution is -2.05. The quantitative estimate of drug-likeness (QED) is 0.859. The van der Waals surface area contributed by atoms with Crippen LogP contribution in [-0.4, -0.2) is 16.5 Å². The lowest BCUT2D eigenvalue weighted by Gasteiger charge is -2.05. The number of aromatic nitrogens is 2. The lowest BCUT2D eigenvalue weighted by molar-refractivity contribution is 0.939. The SMILES string of the molecule is C=C(Br)CNc1cc(Cl)nc(CC)n1. The molecular weight excluding hydrogens is 265 g/mol. The first kappa shape index (κ1) is 11.5. The second-order valence-electron chi connectivity index (χ2n) is 2.72. The summed E-state index contributed by atoms with van der Waals surface area (Å²) < 4.78 is 0.866. The van der Waals surface area contributed by atoms with Crippen molar-refractivity contribution in [2.45, 2.75) is 13.3 Å². The Hall–Kier alpha value is -0.610. The summed E-state index contributed by atoms with van der Waals surface area (Å²) in [6, 6.07) is 1.69. The molecule has 0 aliphatic carbocycles. The summed E-state index contributed by atoms with van der Waals surface area (Å²) in [6.07, 6.45) is 0.768. The van der Waals surface area contributed by atoms with E-state index in [1.54, 1.807) is 6.07 Å². The predicted octanol–water partition coefficient (Wildman–Crippen LogP) is 3.01. The standard InChI is InChI=1S/C9H11BrClN3/c1-3-8-13-7(11)4-9(14-8)12-5-6(2)10/h4H,2-3,5H2,1H3,(H,12,13,14). The lowest BCUT2D eigenvalue weighted by atomic mass is 10.4. The molecule has 0 spiro atoms. The molecule has 0 fully saturated rings. The van der Waals surface area contributed by atoms with Gasteiger partial charge in [-0.2, -0.15) is 0 Å². The van der Waals surface area contributed by atoms with Crippen LogP contribution in [0.4, 0.5) is 5.82 Å². The van der Waals surface area contributed by atoms with Crippen LogP contribution in [0.1, 0.15) is 12.7 Å². The molecular formula is C9H11BrClN3. The number of rotatable bonds is 4. The van der Waals surface area contributed by atoms with Gasteiger partial charge < -0.3 is 5.32 Å². The van der Waals surface area contributed by atoms with Gasteiger partial charge in [-0.25, -0.2) is 9.97 Å². The summed E-state index contributed by atoms with van der Waals surface area (Å²) in [6.45, 7) is 6.32. The van der Waals surface area contributed by atoms with Crippen LogP contribution in [0.25, 0.3) is 0 Å². The highest BCUT2D eigenvalue weighted by Crippen LogP contribution is 2.12. The van der Waals surface area contributed by atoms with Crippen LogP contribution in [0.5, 0.6) is 0 Å². The van der Waals surface area contributed by atoms with Gasteiger partial charge in [0.25, 0.3) is 0 Å². The zero-order valence-electron chi connectivity index (χ0n) is 7.85. The van der Waals surface area contributed by atoms with Gasteiger partial charge in [-0.1, -0.05) is 41.0 Å². The molecule has 0 amide bonds. The Morgan fingerprint density at radius 1 is 1.64 bits per heavy atom. The van der Waals surface area contributed by atoms with Crippen LogP contribution in [0.3, 0.4) is 0 Å². The van der Waals surface area contributed by atoms with Crippen molar-refractivity contribution >= 4 is 33.3 Å². The topological polar surface area (TPSA) is 37.8 Å². The number of anilines is 1. The van der Waals surface area contributed by atoms with E-state index in [2.05, 4.69) is 37.8 Å². The van der Waals surface area contributed by atoms with Gasteiger partial charge >= 0.3 is 0 Å². The molecule has 14 heavy (non-hydrogen) atoms. The van der Waals surface area contributed by atoms with Crippen LogP contribution in [0.2, 0.25) is 5.15 Å². The zero-order valence-corrected chi connectivity index (χ0v) is 10.2. The summed E-state index contributed by atoms with van der Waals surface area (Å²) in [5, 5.41) is 3.54. The van der Waals surface area contributed by atoms with Crippen molar-refractivity contribution < 1.29 is 0 Å². The average molecular weight is 277 g/mol. The van der Waals surface area contributed by atoms with Gasteiger partial charge in [-0.05, 0) is 0 Å². The Labute approximate surface area is 96.7 Å². The van der Waals surface area contributed by atoms with Crippen LogP contribution < -0.4 is 5.32 Å². The van der Waals surface area contributed by atoms with E-state index in [0.29, 0.717) is 11.7 Å². The van der Waals surface area contributed by atoms with Crippen LogP contribution in [-0.2, 0) is 6.42 Å². The summed E-state index contributed by atoms with van der Waals surface area (Å²) in [4.78, 5) is 8.32. The molecule has 1 N–H and O–H groups in total. The van der Waals surface area contributed by atoms with Crippen molar-refractivity contribution in [1.82, 2.24) is 9.97 Å². The molecule has 76 valence electrons. The molecule has 3 nitrogen and oxygen atoms in total. The maximum absolute atomic E-state index is 5.82. The molecule has 1 rings (SSSR count). The highest BCUT2D eigenvalue weighted by atomic mass is 79.9. The number of nitrogens with zero attached hydrogens (tertiary/aromatic N) is 2. The fraction of sp³-hybridized carbons (Fsp3) is 0.333. The molecule has 0 saturated carbocycles. The van der Waals surface area contributed by atoms with Crippen molar-refractivity contribution in [1.29, 1.82) is 0 Å². The van der Waals surface area contributed by atoms with Gasteiger partial charge in [-0.15, -0.1) is 0 Å². The summed E-state index contributed by atoms with van der Waals surface area (Å²) in [5.41, 5.74) is 0. The minimum absolute atomic E-state index is 0.458. The fourth-order valence-corrected chi connectivity index (χ4v) is 1.24. The fourth-order valence-electron chi connectivity index (χ4n) is 0.900. The van der Waals surface area contributed by atoms with E-state index in [1.807, 2.05) is 6.92 Å². The second kappa shape index (κ2) is 5.32. The van der Waals surface area contributed by atoms with Gasteiger partial charge in [0, 0.05) is 23.5 Å². The van der Waals surface area contributed by atoms with E-state index in [4.69, 9.17) is 11.6 Å². The van der Waals surface area contributed by atoms with Crippen LogP contribution >= 0.6 is 27.5 Å². The van der Waals surface area contributed by atoms with Gasteiger partial charge in [0.15, 0.2) is 0 Å². The van der Waals surface area contributed by atoms with E-state index < -0.39 is 0 Å². The summed E-state index contributed by atoms with van der Waals surface area (Å²) in [7, 11) is 0. The molecule has 0 bridgehead atoms. The molecule has 0 aliphatic heterocycles. The summed E-state index contributed by atoms with van der Waals surface area (Å²) in [5.74, 6) is 1.46. The van der Waals surface area contributed by atoms with E-state index in [0.717, 1.165) is 22.5 Å². The molecule has 0 radical (unpaired) electrons. The molecule has 0 unspecified atom stereocenters. The number of aryl methyl sites for hydroxylation is 1. The van der Waals surface area contributed by atoms with Crippen molar-refractivity contribution in [3.05, 3.63) is 28.1 Å². The normalized spacial score (nSPS) is 9.93. The van der Waals surface area contributed by atoms with E-state index in [1.165, 1.54) is 0 Å². The van der Waals surface area contributed by atoms with Gasteiger partial charge in [0.05, 0.1) is 0 Å². The molecule has 1 aromatic heterocycles. The number of halogens is 2. The van der Waals surface area contributed by atoms with E-state index in [9.17, 15) is 0 Å². The van der Waals surface area contributed by atoms with Gasteiger partial charge in [0.2, 0.25) is 0 Å². The maximum Gasteiger partial charge on any atom is 0.134 e. The monoisotopic (exact) mass is 275 g/mol. The van der Waals surface area contributed by atoms with Crippen molar-refractivity contribution in [2.75, 3.05) is 11.9 Å². The third kappa shape index (κ3) is 3.64. The van der Waals surface area contributed by atoms with Crippen molar-refractivity contribution in [2.24, 2.45) is 0 Å². The number of hydrogen-bond donors (Lipinski definition) is 1. The first-order chi connectivity index (χ1) is 6.61. The predicted molar refractivity (Wildman–Crippen MR) is 63.0 cm³/mol. The van der Waals surface area contributed by atoms with Gasteiger partial charge in [0.1, 0.15) is 16.8 Å². The van der Waals surface area contributed by atoms with Crippen LogP contribution in [0, 0.1) is 0 Å². The third-order valence-electron chi connectivity index (χ3n) is 1.52. The Kier molecular flexibility index (Phi) is 4.35. The summed E-state index contributed by atoms with van der Waals surface area (Å²) >= 11 is 9.07. The number of nitrogens with one attached hydrogen (secondary N) is 1. The molecule has 5 heteroatoms. The minimum atomic E-state index is 0.458. The van der Waals surface area contributed by atoms with Crippen molar-refractivity contribution in [3.8, 4) is 0 Å². The second-order valence-corrected chi connectivity index (χ2v) is 4.23. The largest absolute Gasteiger partial charge is 0.365 e. The number of hydrogen-bond acceptors (Lipinski definition) is 3. The first-order valence-corrected chi connectivity index (χ1v) is 5.39. The zero-order chi connectivity index (χ0) is 10.6. The Morgan fingerprint density at radius 3 is 2.93 bits per heavy atom. The van der Waals surface area contributed by atoms with E-state index >= 15 is 0 Å². The molecule has 0 atom stereocenters. The maximum atomic E-state index is 5.82. The molecule has 0 saturated heterocycles. The van der Waals surface area contributed by atoms with Crippen LogP contribution in [0.15, 0.2) is 17.1 Å². The Morgan fingerprint density at radius 2 is 2.36 bits per heavy atom. The molecule has 0 aliphatic rings. The molecule has 0 aromatic carbocycles. The van der Waals surface area contributed by atoms with Gasteiger partial charge in [-0.3, -0.25) is 0 Å². The Bertz CT molecular complexity index is 341. The highest BCUT2D eigenvalue weighted by Gasteiger charge is 2.00. The Balaban J connectivity index is 2.76. The molecule has 1 heterocycles. The third-order valence-corrected chi connectivity index (χ3v) is 1.99. The molecule has 1 aromatic rings. The average Bonchev–Trinajstić information content (AvgIpc) is 2.14.